The summed E-state index contributed by atoms with van der Waals surface area (Å²) >= 11 is 0. The van der Waals surface area contributed by atoms with Gasteiger partial charge in [0.05, 0.1) is 18.7 Å². The maximum atomic E-state index is 13.6. The summed E-state index contributed by atoms with van der Waals surface area (Å²) in [4.78, 5) is 24.0. The minimum atomic E-state index is -0.414. The summed E-state index contributed by atoms with van der Waals surface area (Å²) in [5, 5.41) is 11.3. The lowest BCUT2D eigenvalue weighted by atomic mass is 10.1. The second-order valence-corrected chi connectivity index (χ2v) is 6.21. The summed E-state index contributed by atoms with van der Waals surface area (Å²) in [7, 11) is 0. The fourth-order valence-corrected chi connectivity index (χ4v) is 2.75. The van der Waals surface area contributed by atoms with Crippen molar-refractivity contribution in [3.8, 4) is 5.82 Å². The van der Waals surface area contributed by atoms with Crippen molar-refractivity contribution >= 4 is 5.91 Å². The number of nitrogens with one attached hydrogen (secondary N) is 1. The van der Waals surface area contributed by atoms with Crippen molar-refractivity contribution in [2.75, 3.05) is 6.54 Å². The Kier molecular flexibility index (Phi) is 5.44. The highest BCUT2D eigenvalue weighted by Gasteiger charge is 2.09. The van der Waals surface area contributed by atoms with Crippen molar-refractivity contribution in [2.45, 2.75) is 26.8 Å². The van der Waals surface area contributed by atoms with Crippen molar-refractivity contribution in [3.63, 3.8) is 0 Å². The van der Waals surface area contributed by atoms with Crippen molar-refractivity contribution in [3.05, 3.63) is 75.6 Å². The van der Waals surface area contributed by atoms with Gasteiger partial charge in [0.25, 0.3) is 5.56 Å². The third-order valence-electron chi connectivity index (χ3n) is 4.03. The van der Waals surface area contributed by atoms with E-state index in [2.05, 4.69) is 15.5 Å². The fourth-order valence-electron chi connectivity index (χ4n) is 2.75. The summed E-state index contributed by atoms with van der Waals surface area (Å²) in [6.45, 7) is 4.19. The maximum absolute atomic E-state index is 13.6. The minimum Gasteiger partial charge on any atom is -0.354 e. The molecular formula is C19H20FN5O2. The number of carbonyl (C=O) groups excluding carboxylic acids is 1. The lowest BCUT2D eigenvalue weighted by Gasteiger charge is -2.09. The predicted octanol–water partition coefficient (Wildman–Crippen LogP) is 1.54. The Morgan fingerprint density at radius 2 is 1.93 bits per heavy atom. The minimum absolute atomic E-state index is 0.0548. The van der Waals surface area contributed by atoms with Gasteiger partial charge in [-0.3, -0.25) is 9.59 Å². The second kappa shape index (κ2) is 7.94. The largest absolute Gasteiger partial charge is 0.354 e. The van der Waals surface area contributed by atoms with Gasteiger partial charge in [-0.15, -0.1) is 5.10 Å². The van der Waals surface area contributed by atoms with Crippen LogP contribution in [0.25, 0.3) is 5.82 Å². The average Bonchev–Trinajstić information content (AvgIpc) is 2.97. The first-order chi connectivity index (χ1) is 12.9. The quantitative estimate of drug-likeness (QED) is 0.715. The van der Waals surface area contributed by atoms with Crippen LogP contribution in [-0.4, -0.2) is 32.0 Å². The van der Waals surface area contributed by atoms with Crippen LogP contribution in [0.3, 0.4) is 0 Å². The number of hydrogen-bond donors (Lipinski definition) is 1. The highest BCUT2D eigenvalue weighted by Crippen LogP contribution is 2.08. The van der Waals surface area contributed by atoms with Gasteiger partial charge in [-0.25, -0.2) is 13.8 Å². The van der Waals surface area contributed by atoms with Crippen LogP contribution in [0.2, 0.25) is 0 Å². The molecule has 1 aromatic carbocycles. The lowest BCUT2D eigenvalue weighted by molar-refractivity contribution is -0.120. The maximum Gasteiger partial charge on any atom is 0.266 e. The number of amides is 1. The number of nitrogens with zero attached hydrogens (tertiary/aromatic N) is 4. The van der Waals surface area contributed by atoms with Gasteiger partial charge in [-0.2, -0.15) is 5.10 Å². The van der Waals surface area contributed by atoms with E-state index in [0.29, 0.717) is 11.4 Å². The molecule has 0 atom stereocenters. The molecule has 1 N–H and O–H groups in total. The molecule has 0 aliphatic carbocycles. The molecule has 0 fully saturated rings. The predicted molar refractivity (Wildman–Crippen MR) is 98.2 cm³/mol. The van der Waals surface area contributed by atoms with Gasteiger partial charge in [0.2, 0.25) is 5.91 Å². The third-order valence-corrected chi connectivity index (χ3v) is 4.03. The third kappa shape index (κ3) is 4.46. The molecule has 0 saturated carbocycles. The van der Waals surface area contributed by atoms with E-state index in [1.807, 2.05) is 19.9 Å². The number of aryl methyl sites for hydroxylation is 2. The van der Waals surface area contributed by atoms with Crippen LogP contribution in [0.4, 0.5) is 4.39 Å². The number of benzene rings is 1. The van der Waals surface area contributed by atoms with Crippen LogP contribution in [0, 0.1) is 19.7 Å². The molecule has 0 bridgehead atoms. The van der Waals surface area contributed by atoms with E-state index in [1.165, 1.54) is 16.8 Å². The Morgan fingerprint density at radius 1 is 1.15 bits per heavy atom. The van der Waals surface area contributed by atoms with Crippen LogP contribution in [0.15, 0.2) is 47.3 Å². The topological polar surface area (TPSA) is 81.8 Å². The Labute approximate surface area is 155 Å². The summed E-state index contributed by atoms with van der Waals surface area (Å²) in [5.41, 5.74) is 1.82. The first-order valence-corrected chi connectivity index (χ1v) is 8.56. The molecule has 2 aromatic heterocycles. The van der Waals surface area contributed by atoms with E-state index >= 15 is 0 Å². The van der Waals surface area contributed by atoms with Crippen LogP contribution in [-0.2, 0) is 17.8 Å². The number of halogens is 1. The summed E-state index contributed by atoms with van der Waals surface area (Å²) in [6, 6.07) is 11.1. The van der Waals surface area contributed by atoms with E-state index in [1.54, 1.807) is 28.9 Å². The zero-order chi connectivity index (χ0) is 19.4. The smallest absolute Gasteiger partial charge is 0.266 e. The van der Waals surface area contributed by atoms with Crippen LogP contribution in [0.5, 0.6) is 0 Å². The Hall–Kier alpha value is -3.29. The van der Waals surface area contributed by atoms with E-state index in [0.717, 1.165) is 11.4 Å². The van der Waals surface area contributed by atoms with E-state index in [-0.39, 0.29) is 31.0 Å². The molecule has 0 aliphatic heterocycles. The second-order valence-electron chi connectivity index (χ2n) is 6.21. The van der Waals surface area contributed by atoms with Crippen LogP contribution < -0.4 is 10.9 Å². The first kappa shape index (κ1) is 18.5. The van der Waals surface area contributed by atoms with Gasteiger partial charge in [-0.1, -0.05) is 18.2 Å². The Bertz CT molecular complexity index is 1020. The SMILES string of the molecule is Cc1cc(C)n(-c2ccc(=O)n(CCNC(=O)Cc3ccccc3F)n2)n1. The average molecular weight is 369 g/mol. The molecule has 140 valence electrons. The van der Waals surface area contributed by atoms with Gasteiger partial charge in [0, 0.05) is 18.3 Å². The Morgan fingerprint density at radius 3 is 2.63 bits per heavy atom. The standard InChI is InChI=1S/C19H20FN5O2/c1-13-11-14(2)25(22-13)17-7-8-19(27)24(23-17)10-9-21-18(26)12-15-5-3-4-6-16(15)20/h3-8,11H,9-10,12H2,1-2H3,(H,21,26). The van der Waals surface area contributed by atoms with Crippen molar-refractivity contribution in [1.29, 1.82) is 0 Å². The lowest BCUT2D eigenvalue weighted by Crippen LogP contribution is -2.33. The van der Waals surface area contributed by atoms with Gasteiger partial charge in [0.1, 0.15) is 5.82 Å². The molecule has 0 spiro atoms. The summed E-state index contributed by atoms with van der Waals surface area (Å²) in [6.07, 6.45) is -0.0548. The van der Waals surface area contributed by atoms with E-state index in [4.69, 9.17) is 0 Å². The first-order valence-electron chi connectivity index (χ1n) is 8.56. The molecule has 8 heteroatoms. The number of rotatable bonds is 6. The van der Waals surface area contributed by atoms with E-state index in [9.17, 15) is 14.0 Å². The van der Waals surface area contributed by atoms with Crippen LogP contribution >= 0.6 is 0 Å². The molecule has 0 saturated heterocycles. The monoisotopic (exact) mass is 369 g/mol. The molecule has 0 unspecified atom stereocenters. The van der Waals surface area contributed by atoms with Gasteiger partial charge in [0.15, 0.2) is 5.82 Å². The van der Waals surface area contributed by atoms with Gasteiger partial charge in [-0.05, 0) is 37.6 Å². The summed E-state index contributed by atoms with van der Waals surface area (Å²) in [5.74, 6) is -0.205. The molecule has 0 radical (unpaired) electrons. The highest BCUT2D eigenvalue weighted by molar-refractivity contribution is 5.78. The molecule has 27 heavy (non-hydrogen) atoms. The molecule has 2 heterocycles. The zero-order valence-corrected chi connectivity index (χ0v) is 15.1. The molecule has 1 amide bonds. The molecular weight excluding hydrogens is 349 g/mol. The van der Waals surface area contributed by atoms with Crippen molar-refractivity contribution in [2.24, 2.45) is 0 Å². The molecule has 3 aromatic rings. The fraction of sp³-hybridized carbons (Fsp3) is 0.263. The molecule has 7 nitrogen and oxygen atoms in total. The number of carbonyl (C=O) groups is 1. The van der Waals surface area contributed by atoms with Gasteiger partial charge < -0.3 is 5.32 Å². The van der Waals surface area contributed by atoms with Crippen molar-refractivity contribution < 1.29 is 9.18 Å². The van der Waals surface area contributed by atoms with E-state index < -0.39 is 5.82 Å². The molecule has 3 rings (SSSR count). The van der Waals surface area contributed by atoms with Crippen molar-refractivity contribution in [1.82, 2.24) is 24.9 Å². The Balaban J connectivity index is 1.63. The number of hydrogen-bond acceptors (Lipinski definition) is 4. The highest BCUT2D eigenvalue weighted by atomic mass is 19.1. The number of aromatic nitrogens is 4. The van der Waals surface area contributed by atoms with Gasteiger partial charge >= 0.3 is 0 Å². The molecule has 0 aliphatic rings. The zero-order valence-electron chi connectivity index (χ0n) is 15.1. The van der Waals surface area contributed by atoms with Crippen LogP contribution in [0.1, 0.15) is 17.0 Å². The summed E-state index contributed by atoms with van der Waals surface area (Å²) < 4.78 is 16.5. The normalized spacial score (nSPS) is 10.8.